The average Bonchev–Trinajstić information content (AvgIpc) is 3.13. The van der Waals surface area contributed by atoms with E-state index in [0.29, 0.717) is 5.16 Å². The highest BCUT2D eigenvalue weighted by Crippen LogP contribution is 2.37. The van der Waals surface area contributed by atoms with Crippen LogP contribution in [0.5, 0.6) is 0 Å². The molecule has 98 valence electrons. The van der Waals surface area contributed by atoms with Crippen LogP contribution in [0.25, 0.3) is 0 Å². The monoisotopic (exact) mass is 268 g/mol. The van der Waals surface area contributed by atoms with Crippen LogP contribution in [0.3, 0.4) is 0 Å². The summed E-state index contributed by atoms with van der Waals surface area (Å²) in [5, 5.41) is 9.96. The molecular weight excluding hydrogens is 252 g/mol. The molecule has 1 amide bonds. The van der Waals surface area contributed by atoms with Gasteiger partial charge in [0.25, 0.3) is 0 Å². The fourth-order valence-corrected chi connectivity index (χ4v) is 3.35. The molecule has 1 aliphatic heterocycles. The second kappa shape index (κ2) is 4.79. The summed E-state index contributed by atoms with van der Waals surface area (Å²) in [6, 6.07) is 0.285. The van der Waals surface area contributed by atoms with E-state index >= 15 is 0 Å². The first-order valence-corrected chi connectivity index (χ1v) is 7.25. The van der Waals surface area contributed by atoms with Crippen LogP contribution in [0.4, 0.5) is 0 Å². The topological polar surface area (TPSA) is 79.8 Å². The minimum atomic E-state index is -0.158. The van der Waals surface area contributed by atoms with Crippen molar-refractivity contribution in [2.24, 2.45) is 0 Å². The van der Waals surface area contributed by atoms with E-state index in [0.717, 1.165) is 38.6 Å². The number of hydrogen-bond donors (Lipinski definition) is 2. The van der Waals surface area contributed by atoms with E-state index in [-0.39, 0.29) is 22.9 Å². The molecule has 1 aromatic rings. The van der Waals surface area contributed by atoms with E-state index in [4.69, 9.17) is 0 Å². The van der Waals surface area contributed by atoms with Crippen LogP contribution < -0.4 is 11.0 Å². The molecule has 1 saturated heterocycles. The van der Waals surface area contributed by atoms with Crippen LogP contribution in [0.15, 0.2) is 9.95 Å². The van der Waals surface area contributed by atoms with Gasteiger partial charge in [0.05, 0.1) is 5.25 Å². The lowest BCUT2D eigenvalue weighted by molar-refractivity contribution is -0.120. The number of hydrogen-bond acceptors (Lipinski definition) is 4. The largest absolute Gasteiger partial charge is 0.355 e. The van der Waals surface area contributed by atoms with E-state index in [9.17, 15) is 9.59 Å². The van der Waals surface area contributed by atoms with E-state index in [1.54, 1.807) is 4.57 Å². The molecule has 0 unspecified atom stereocenters. The number of H-pyrrole nitrogens is 1. The number of aromatic amines is 1. The summed E-state index contributed by atoms with van der Waals surface area (Å²) in [5.41, 5.74) is -0.158. The maximum atomic E-state index is 11.9. The third kappa shape index (κ3) is 2.31. The van der Waals surface area contributed by atoms with Crippen molar-refractivity contribution < 1.29 is 4.79 Å². The Hall–Kier alpha value is -1.24. The number of aromatic nitrogens is 3. The van der Waals surface area contributed by atoms with Gasteiger partial charge in [-0.05, 0) is 25.7 Å². The van der Waals surface area contributed by atoms with Gasteiger partial charge in [-0.1, -0.05) is 18.2 Å². The molecule has 1 saturated carbocycles. The number of rotatable bonds is 3. The van der Waals surface area contributed by atoms with Crippen LogP contribution in [-0.2, 0) is 4.79 Å². The Bertz CT molecular complexity index is 505. The highest BCUT2D eigenvalue weighted by Gasteiger charge is 2.31. The third-order valence-electron chi connectivity index (χ3n) is 3.32. The standard InChI is InChI=1S/C11H16N4O2S/c16-9-8(3-1-2-6-12-9)18-11-14-13-10(17)15(11)7-4-5-7/h7-8H,1-6H2,(H,12,16)(H,13,17)/t8-/m0/s1. The first-order chi connectivity index (χ1) is 8.75. The maximum Gasteiger partial charge on any atom is 0.344 e. The van der Waals surface area contributed by atoms with Gasteiger partial charge in [-0.25, -0.2) is 9.89 Å². The Balaban J connectivity index is 1.79. The highest BCUT2D eigenvalue weighted by atomic mass is 32.2. The van der Waals surface area contributed by atoms with Gasteiger partial charge in [-0.2, -0.15) is 0 Å². The quantitative estimate of drug-likeness (QED) is 0.844. The highest BCUT2D eigenvalue weighted by molar-refractivity contribution is 8.00. The molecule has 0 spiro atoms. The number of carbonyl (C=O) groups is 1. The summed E-state index contributed by atoms with van der Waals surface area (Å²) in [6.07, 6.45) is 4.98. The molecule has 0 bridgehead atoms. The van der Waals surface area contributed by atoms with Crippen LogP contribution in [0.2, 0.25) is 0 Å². The predicted octanol–water partition coefficient (Wildman–Crippen LogP) is 0.667. The number of carbonyl (C=O) groups excluding carboxylic acids is 1. The van der Waals surface area contributed by atoms with Gasteiger partial charge < -0.3 is 5.32 Å². The van der Waals surface area contributed by atoms with Gasteiger partial charge in [-0.3, -0.25) is 9.36 Å². The van der Waals surface area contributed by atoms with Crippen LogP contribution in [0, 0.1) is 0 Å². The molecule has 7 heteroatoms. The molecule has 1 atom stereocenters. The average molecular weight is 268 g/mol. The molecule has 2 heterocycles. The van der Waals surface area contributed by atoms with Crippen LogP contribution in [0.1, 0.15) is 38.1 Å². The lowest BCUT2D eigenvalue weighted by Crippen LogP contribution is -2.31. The first-order valence-electron chi connectivity index (χ1n) is 6.37. The van der Waals surface area contributed by atoms with Crippen molar-refractivity contribution in [1.29, 1.82) is 0 Å². The SMILES string of the molecule is O=C1NCCCC[C@@H]1Sc1n[nH]c(=O)n1C1CC1. The van der Waals surface area contributed by atoms with Gasteiger partial charge in [0.15, 0.2) is 5.16 Å². The fraction of sp³-hybridized carbons (Fsp3) is 0.727. The smallest absolute Gasteiger partial charge is 0.344 e. The zero-order valence-electron chi connectivity index (χ0n) is 10.0. The van der Waals surface area contributed by atoms with Crippen molar-refractivity contribution >= 4 is 17.7 Å². The van der Waals surface area contributed by atoms with Gasteiger partial charge in [0.1, 0.15) is 0 Å². The number of nitrogens with zero attached hydrogens (tertiary/aromatic N) is 2. The summed E-state index contributed by atoms with van der Waals surface area (Å²) in [7, 11) is 0. The number of thioether (sulfide) groups is 1. The van der Waals surface area contributed by atoms with E-state index in [2.05, 4.69) is 15.5 Å². The summed E-state index contributed by atoms with van der Waals surface area (Å²) in [4.78, 5) is 23.5. The van der Waals surface area contributed by atoms with Crippen molar-refractivity contribution in [2.75, 3.05) is 6.54 Å². The molecule has 6 nitrogen and oxygen atoms in total. The van der Waals surface area contributed by atoms with Crippen molar-refractivity contribution in [2.45, 2.75) is 48.6 Å². The Labute approximate surface area is 109 Å². The zero-order valence-corrected chi connectivity index (χ0v) is 10.8. The van der Waals surface area contributed by atoms with Gasteiger partial charge >= 0.3 is 5.69 Å². The van der Waals surface area contributed by atoms with Crippen molar-refractivity contribution in [3.63, 3.8) is 0 Å². The van der Waals surface area contributed by atoms with Gasteiger partial charge in [0, 0.05) is 12.6 Å². The number of amides is 1. The van der Waals surface area contributed by atoms with E-state index in [1.807, 2.05) is 0 Å². The summed E-state index contributed by atoms with van der Waals surface area (Å²) in [6.45, 7) is 0.756. The molecule has 2 N–H and O–H groups in total. The maximum absolute atomic E-state index is 11.9. The Morgan fingerprint density at radius 3 is 2.83 bits per heavy atom. The predicted molar refractivity (Wildman–Crippen MR) is 67.6 cm³/mol. The minimum Gasteiger partial charge on any atom is -0.355 e. The second-order valence-electron chi connectivity index (χ2n) is 4.81. The molecule has 2 aliphatic rings. The molecule has 3 rings (SSSR count). The lowest BCUT2D eigenvalue weighted by atomic mass is 10.2. The van der Waals surface area contributed by atoms with Crippen molar-refractivity contribution in [1.82, 2.24) is 20.1 Å². The van der Waals surface area contributed by atoms with Crippen molar-refractivity contribution in [3.05, 3.63) is 10.5 Å². The summed E-state index contributed by atoms with van der Waals surface area (Å²) < 4.78 is 1.70. The third-order valence-corrected chi connectivity index (χ3v) is 4.55. The fourth-order valence-electron chi connectivity index (χ4n) is 2.18. The Kier molecular flexibility index (Phi) is 3.15. The molecule has 2 fully saturated rings. The molecule has 1 aliphatic carbocycles. The molecular formula is C11H16N4O2S. The summed E-state index contributed by atoms with van der Waals surface area (Å²) >= 11 is 1.41. The van der Waals surface area contributed by atoms with Gasteiger partial charge in [0.2, 0.25) is 5.91 Å². The normalized spacial score (nSPS) is 24.7. The first kappa shape index (κ1) is 11.8. The molecule has 0 aromatic carbocycles. The van der Waals surface area contributed by atoms with Crippen molar-refractivity contribution in [3.8, 4) is 0 Å². The minimum absolute atomic E-state index is 0.0651. The van der Waals surface area contributed by atoms with Crippen LogP contribution >= 0.6 is 11.8 Å². The molecule has 0 radical (unpaired) electrons. The molecule has 18 heavy (non-hydrogen) atoms. The van der Waals surface area contributed by atoms with E-state index in [1.165, 1.54) is 11.8 Å². The second-order valence-corrected chi connectivity index (χ2v) is 5.98. The Morgan fingerprint density at radius 2 is 2.06 bits per heavy atom. The zero-order chi connectivity index (χ0) is 12.5. The Morgan fingerprint density at radius 1 is 1.22 bits per heavy atom. The summed E-state index contributed by atoms with van der Waals surface area (Å²) in [5.74, 6) is 0.0651. The van der Waals surface area contributed by atoms with Crippen LogP contribution in [-0.4, -0.2) is 32.5 Å². The molecule has 1 aromatic heterocycles. The number of nitrogens with one attached hydrogen (secondary N) is 2. The van der Waals surface area contributed by atoms with Gasteiger partial charge in [-0.15, -0.1) is 5.10 Å². The van der Waals surface area contributed by atoms with E-state index < -0.39 is 0 Å². The lowest BCUT2D eigenvalue weighted by Gasteiger charge is -2.12.